The van der Waals surface area contributed by atoms with Gasteiger partial charge in [0, 0.05) is 20.0 Å². The van der Waals surface area contributed by atoms with Crippen molar-refractivity contribution in [2.75, 3.05) is 40.3 Å². The van der Waals surface area contributed by atoms with Crippen molar-refractivity contribution in [1.29, 1.82) is 0 Å². The molecule has 19 heteroatoms. The molecule has 466 valence electrons. The Labute approximate surface area is 486 Å². The van der Waals surface area contributed by atoms with E-state index >= 15 is 0 Å². The highest BCUT2D eigenvalue weighted by molar-refractivity contribution is 5.83. The molecule has 10 bridgehead atoms. The average molecular weight is 1160 g/mol. The van der Waals surface area contributed by atoms with Gasteiger partial charge in [0.25, 0.3) is 0 Å². The van der Waals surface area contributed by atoms with Gasteiger partial charge in [0.15, 0.2) is 12.2 Å². The van der Waals surface area contributed by atoms with Gasteiger partial charge in [-0.2, -0.15) is 0 Å². The maximum absolute atomic E-state index is 12.6. The first-order valence-corrected chi connectivity index (χ1v) is 30.8. The Kier molecular flexibility index (Phi) is 20.8. The van der Waals surface area contributed by atoms with Crippen LogP contribution in [0.3, 0.4) is 0 Å². The second kappa shape index (κ2) is 26.0. The maximum Gasteiger partial charge on any atom is 0.347 e. The third-order valence-corrected chi connectivity index (χ3v) is 20.6. The number of fused-ring (bicyclic) bond motifs is 1. The number of ether oxygens (including phenoxy) is 10. The van der Waals surface area contributed by atoms with Crippen LogP contribution in [0.4, 0.5) is 0 Å². The second-order valence-corrected chi connectivity index (χ2v) is 28.8. The van der Waals surface area contributed by atoms with Gasteiger partial charge in [-0.25, -0.2) is 4.79 Å². The fourth-order valence-corrected chi connectivity index (χ4v) is 14.4. The highest BCUT2D eigenvalue weighted by atomic mass is 16.7. The van der Waals surface area contributed by atoms with E-state index in [1.54, 1.807) is 27.7 Å². The van der Waals surface area contributed by atoms with E-state index in [1.807, 2.05) is 55.4 Å². The van der Waals surface area contributed by atoms with Crippen LogP contribution < -0.4 is 0 Å². The Morgan fingerprint density at radius 1 is 0.634 bits per heavy atom. The number of aliphatic hydroxyl groups is 2. The van der Waals surface area contributed by atoms with E-state index in [9.17, 15) is 43.8 Å². The number of rotatable bonds is 21. The largest absolute Gasteiger partial charge is 0.465 e. The molecule has 82 heavy (non-hydrogen) atoms. The van der Waals surface area contributed by atoms with Gasteiger partial charge < -0.3 is 57.6 Å². The van der Waals surface area contributed by atoms with Crippen molar-refractivity contribution >= 4 is 41.8 Å². The Balaban J connectivity index is 0.000000165. The predicted molar refractivity (Wildman–Crippen MR) is 297 cm³/mol. The van der Waals surface area contributed by atoms with Gasteiger partial charge >= 0.3 is 41.8 Å². The topological polar surface area (TPSA) is 252 Å². The van der Waals surface area contributed by atoms with Gasteiger partial charge in [-0.15, -0.1) is 0 Å². The molecule has 2 N–H and O–H groups in total. The molecule has 0 radical (unpaired) electrons. The molecule has 0 spiro atoms. The molecular weight excluding hydrogens is 1060 g/mol. The van der Waals surface area contributed by atoms with Gasteiger partial charge in [0.05, 0.1) is 65.5 Å². The predicted octanol–water partition coefficient (Wildman–Crippen LogP) is 8.70. The summed E-state index contributed by atoms with van der Waals surface area (Å²) in [6, 6.07) is 0. The van der Waals surface area contributed by atoms with Crippen molar-refractivity contribution in [3.8, 4) is 0 Å². The van der Waals surface area contributed by atoms with Gasteiger partial charge in [0.1, 0.15) is 30.7 Å². The van der Waals surface area contributed by atoms with Gasteiger partial charge in [-0.3, -0.25) is 28.8 Å². The number of carbonyl (C=O) groups excluding carboxylic acids is 7. The minimum absolute atomic E-state index is 0.0282. The quantitative estimate of drug-likeness (QED) is 0.0472. The van der Waals surface area contributed by atoms with E-state index < -0.39 is 69.1 Å². The molecule has 19 nitrogen and oxygen atoms in total. The zero-order valence-corrected chi connectivity index (χ0v) is 51.6. The lowest BCUT2D eigenvalue weighted by molar-refractivity contribution is -0.225. The van der Waals surface area contributed by atoms with Crippen LogP contribution >= 0.6 is 0 Å². The number of esters is 7. The highest BCUT2D eigenvalue weighted by Gasteiger charge is 2.65. The Bertz CT molecular complexity index is 2250. The summed E-state index contributed by atoms with van der Waals surface area (Å²) in [6.45, 7) is 22.8. The van der Waals surface area contributed by atoms with Crippen LogP contribution in [0.25, 0.3) is 0 Å². The fraction of sp³-hybridized carbons (Fsp3) is 0.889. The molecule has 8 saturated carbocycles. The third-order valence-electron chi connectivity index (χ3n) is 20.6. The molecule has 0 amide bonds. The molecule has 9 atom stereocenters. The standard InChI is InChI=1S/C24H40O7.C16H26O3.C13H18O5.C10H16O4/c1-5-23(2,3)22(26)31-14-24(27,13-29-15-28-4)11-21(25)30-12-20-18-7-16-6-17(9-18)10-19(20)8-16;1-4-14(2,3)13(17)19-16-8-11-5-12(9-16)7-15(18,6-11)10-16;1-4-13(2,3)12(15)18-9-7-5-6-8(16-7)10(9)17-11(6)14;1-4-10(2,3)9(12)14-7-5-6-13-8(7)11/h16-20,27H,5-15H2,1-4H3;11-12,18H,4-10H2,1-3H3;6-10H,4-5H2,1-3H3;7H,4-6H2,1-3H3. The van der Waals surface area contributed by atoms with Crippen LogP contribution in [0.5, 0.6) is 0 Å². The fourth-order valence-electron chi connectivity index (χ4n) is 14.4. The minimum Gasteiger partial charge on any atom is -0.465 e. The van der Waals surface area contributed by atoms with Crippen LogP contribution in [-0.2, 0) is 80.9 Å². The zero-order valence-electron chi connectivity index (χ0n) is 51.6. The van der Waals surface area contributed by atoms with Gasteiger partial charge in [-0.1, -0.05) is 27.7 Å². The smallest absolute Gasteiger partial charge is 0.347 e. The molecule has 8 aliphatic carbocycles. The van der Waals surface area contributed by atoms with Crippen molar-refractivity contribution in [3.63, 3.8) is 0 Å². The summed E-state index contributed by atoms with van der Waals surface area (Å²) >= 11 is 0. The lowest BCUT2D eigenvalue weighted by Gasteiger charge is -2.59. The number of carbonyl (C=O) groups is 7. The maximum atomic E-state index is 12.6. The minimum atomic E-state index is -1.65. The van der Waals surface area contributed by atoms with Crippen LogP contribution in [-0.4, -0.2) is 140 Å². The molecule has 4 saturated heterocycles. The SMILES string of the molecule is CCC(C)(C)C(=O)OC12CC3CC(CC(O)(C3)C1)C2.CCC(C)(C)C(=O)OC1C2CC3C(=O)OC1C3O2.CCC(C)(C)C(=O)OC1CCOC1=O.CCC(C)(C)C(=O)OCC(O)(COCOC)CC(=O)OCC1C2CC3CC(C2)CC1C3. The molecule has 0 aromatic heterocycles. The zero-order chi connectivity index (χ0) is 60.4. The number of hydrogen-bond donors (Lipinski definition) is 2. The highest BCUT2D eigenvalue weighted by Crippen LogP contribution is 2.60. The van der Waals surface area contributed by atoms with Crippen molar-refractivity contribution < 1.29 is 91.1 Å². The molecule has 12 fully saturated rings. The van der Waals surface area contributed by atoms with E-state index in [-0.39, 0.29) is 74.0 Å². The lowest BCUT2D eigenvalue weighted by Crippen LogP contribution is -2.61. The Morgan fingerprint density at radius 2 is 1.17 bits per heavy atom. The molecule has 12 aliphatic rings. The van der Waals surface area contributed by atoms with Gasteiger partial charge in [0.2, 0.25) is 6.10 Å². The lowest BCUT2D eigenvalue weighted by atomic mass is 9.52. The third kappa shape index (κ3) is 15.4. The number of hydrogen-bond acceptors (Lipinski definition) is 19. The van der Waals surface area contributed by atoms with Crippen LogP contribution in [0, 0.1) is 69.0 Å². The van der Waals surface area contributed by atoms with E-state index in [0.29, 0.717) is 81.3 Å². The first-order valence-electron chi connectivity index (χ1n) is 30.8. The Hall–Kier alpha value is -3.91. The molecule has 12 rings (SSSR count). The van der Waals surface area contributed by atoms with Crippen molar-refractivity contribution in [3.05, 3.63) is 0 Å². The van der Waals surface area contributed by atoms with E-state index in [4.69, 9.17) is 47.4 Å². The summed E-state index contributed by atoms with van der Waals surface area (Å²) in [7, 11) is 1.47. The van der Waals surface area contributed by atoms with Crippen LogP contribution in [0.15, 0.2) is 0 Å². The van der Waals surface area contributed by atoms with E-state index in [2.05, 4.69) is 0 Å². The first kappa shape index (κ1) is 65.6. The Morgan fingerprint density at radius 3 is 1.70 bits per heavy atom. The number of methoxy groups -OCH3 is 1. The monoisotopic (exact) mass is 1160 g/mol. The van der Waals surface area contributed by atoms with Crippen molar-refractivity contribution in [2.45, 2.75) is 246 Å². The normalized spacial score (nSPS) is 34.9. The van der Waals surface area contributed by atoms with E-state index in [0.717, 1.165) is 43.9 Å². The summed E-state index contributed by atoms with van der Waals surface area (Å²) in [5.74, 6) is 2.32. The molecule has 9 unspecified atom stereocenters. The average Bonchev–Trinajstić information content (AvgIpc) is 3.18. The molecule has 4 aliphatic heterocycles. The number of cyclic esters (lactones) is 1. The molecule has 0 aromatic carbocycles. The summed E-state index contributed by atoms with van der Waals surface area (Å²) in [5.41, 5.74) is -4.67. The van der Waals surface area contributed by atoms with Crippen LogP contribution in [0.1, 0.15) is 199 Å². The summed E-state index contributed by atoms with van der Waals surface area (Å²) in [4.78, 5) is 83.5. The van der Waals surface area contributed by atoms with Crippen LogP contribution in [0.2, 0.25) is 0 Å². The van der Waals surface area contributed by atoms with Crippen molar-refractivity contribution in [1.82, 2.24) is 0 Å². The summed E-state index contributed by atoms with van der Waals surface area (Å²) < 4.78 is 53.3. The molecular formula is C63H100O19. The second-order valence-electron chi connectivity index (χ2n) is 28.8. The summed E-state index contributed by atoms with van der Waals surface area (Å²) in [5, 5.41) is 21.6. The van der Waals surface area contributed by atoms with Crippen molar-refractivity contribution in [2.24, 2.45) is 69.0 Å². The first-order chi connectivity index (χ1) is 38.3. The summed E-state index contributed by atoms with van der Waals surface area (Å²) in [6.07, 6.45) is 13.9. The van der Waals surface area contributed by atoms with Gasteiger partial charge in [-0.05, 0) is 193 Å². The van der Waals surface area contributed by atoms with E-state index in [1.165, 1.54) is 45.6 Å². The molecule has 4 heterocycles. The molecule has 0 aromatic rings.